The number of rotatable bonds is 6. The Morgan fingerprint density at radius 2 is 1.81 bits per heavy atom. The van der Waals surface area contributed by atoms with Crippen LogP contribution in [-0.2, 0) is 18.4 Å². The second kappa shape index (κ2) is 8.70. The van der Waals surface area contributed by atoms with Gasteiger partial charge in [0.25, 0.3) is 0 Å². The van der Waals surface area contributed by atoms with Crippen molar-refractivity contribution in [3.63, 3.8) is 0 Å². The van der Waals surface area contributed by atoms with Crippen molar-refractivity contribution >= 4 is 34.4 Å². The smallest absolute Gasteiger partial charge is 0.335 e. The van der Waals surface area contributed by atoms with Crippen molar-refractivity contribution in [2.24, 2.45) is 7.05 Å². The zero-order valence-electron chi connectivity index (χ0n) is 17.2. The summed E-state index contributed by atoms with van der Waals surface area (Å²) >= 11 is 6.08. The highest BCUT2D eigenvalue weighted by Gasteiger charge is 2.32. The molecule has 8 heteroatoms. The fraction of sp³-hybridized carbons (Fsp3) is 0.304. The molecule has 0 bridgehead atoms. The van der Waals surface area contributed by atoms with Gasteiger partial charge in [0, 0.05) is 67.5 Å². The van der Waals surface area contributed by atoms with Gasteiger partial charge in [-0.3, -0.25) is 14.6 Å². The minimum absolute atomic E-state index is 0.182. The Morgan fingerprint density at radius 1 is 1.06 bits per heavy atom. The van der Waals surface area contributed by atoms with Gasteiger partial charge in [0.1, 0.15) is 6.04 Å². The zero-order valence-corrected chi connectivity index (χ0v) is 17.9. The number of hydrogen-bond acceptors (Lipinski definition) is 4. The number of aromatic nitrogens is 1. The van der Waals surface area contributed by atoms with E-state index in [1.807, 2.05) is 29.2 Å². The molecule has 0 saturated carbocycles. The molecule has 1 fully saturated rings. The molecule has 4 rings (SSSR count). The largest absolute Gasteiger partial charge is 0.480 e. The van der Waals surface area contributed by atoms with E-state index < -0.39 is 18.0 Å². The molecule has 0 amide bonds. The molecule has 1 atom stereocenters. The number of fused-ring (bicyclic) bond motifs is 1. The third-order valence-electron chi connectivity index (χ3n) is 5.86. The maximum atomic E-state index is 12.3. The van der Waals surface area contributed by atoms with E-state index in [1.165, 1.54) is 6.07 Å². The molecule has 162 valence electrons. The Labute approximate surface area is 185 Å². The number of nitrogens with zero attached hydrogens (tertiary/aromatic N) is 3. The Hall–Kier alpha value is -2.87. The summed E-state index contributed by atoms with van der Waals surface area (Å²) in [6, 6.07) is 11.8. The van der Waals surface area contributed by atoms with Crippen molar-refractivity contribution in [2.75, 3.05) is 26.2 Å². The average Bonchev–Trinajstić information content (AvgIpc) is 3.05. The van der Waals surface area contributed by atoms with Crippen LogP contribution in [0.1, 0.15) is 27.5 Å². The lowest BCUT2D eigenvalue weighted by Gasteiger charge is -2.37. The maximum Gasteiger partial charge on any atom is 0.335 e. The molecule has 1 saturated heterocycles. The average molecular weight is 442 g/mol. The second-order valence-corrected chi connectivity index (χ2v) is 8.35. The van der Waals surface area contributed by atoms with E-state index in [9.17, 15) is 19.8 Å². The normalized spacial score (nSPS) is 16.5. The van der Waals surface area contributed by atoms with Crippen LogP contribution >= 0.6 is 11.6 Å². The molecular formula is C23H24ClN3O4. The molecule has 1 aliphatic heterocycles. The quantitative estimate of drug-likeness (QED) is 0.609. The lowest BCUT2D eigenvalue weighted by molar-refractivity contribution is -0.144. The predicted octanol–water partition coefficient (Wildman–Crippen LogP) is 3.47. The van der Waals surface area contributed by atoms with Crippen molar-refractivity contribution in [3.05, 3.63) is 70.4 Å². The van der Waals surface area contributed by atoms with E-state index in [0.717, 1.165) is 30.6 Å². The lowest BCUT2D eigenvalue weighted by Crippen LogP contribution is -2.48. The molecule has 2 heterocycles. The molecule has 7 nitrogen and oxygen atoms in total. The summed E-state index contributed by atoms with van der Waals surface area (Å²) in [5.41, 5.74) is 2.71. The van der Waals surface area contributed by atoms with Crippen molar-refractivity contribution in [3.8, 4) is 0 Å². The van der Waals surface area contributed by atoms with Crippen LogP contribution in [0.25, 0.3) is 10.9 Å². The highest BCUT2D eigenvalue weighted by Crippen LogP contribution is 2.31. The van der Waals surface area contributed by atoms with Gasteiger partial charge < -0.3 is 14.8 Å². The second-order valence-electron chi connectivity index (χ2n) is 7.92. The predicted molar refractivity (Wildman–Crippen MR) is 119 cm³/mol. The van der Waals surface area contributed by atoms with Crippen molar-refractivity contribution in [2.45, 2.75) is 12.6 Å². The van der Waals surface area contributed by atoms with E-state index in [2.05, 4.69) is 4.90 Å². The Bertz CT molecular complexity index is 1140. The van der Waals surface area contributed by atoms with E-state index in [0.29, 0.717) is 29.2 Å². The zero-order chi connectivity index (χ0) is 22.1. The molecule has 1 aromatic heterocycles. The number of aromatic carboxylic acids is 1. The summed E-state index contributed by atoms with van der Waals surface area (Å²) in [4.78, 5) is 27.9. The van der Waals surface area contributed by atoms with Crippen LogP contribution < -0.4 is 0 Å². The van der Waals surface area contributed by atoms with Crippen LogP contribution in [-0.4, -0.2) is 62.7 Å². The van der Waals surface area contributed by atoms with Gasteiger partial charge in [-0.1, -0.05) is 29.8 Å². The molecule has 2 N–H and O–H groups in total. The fourth-order valence-electron chi connectivity index (χ4n) is 4.33. The number of carboxylic acid groups (broad SMARTS) is 2. The topological polar surface area (TPSA) is 86.0 Å². The molecule has 1 aliphatic rings. The van der Waals surface area contributed by atoms with Crippen molar-refractivity contribution < 1.29 is 19.8 Å². The van der Waals surface area contributed by atoms with Gasteiger partial charge in [-0.05, 0) is 29.8 Å². The maximum absolute atomic E-state index is 12.3. The Balaban J connectivity index is 1.54. The lowest BCUT2D eigenvalue weighted by atomic mass is 10.0. The third-order valence-corrected chi connectivity index (χ3v) is 6.10. The van der Waals surface area contributed by atoms with E-state index in [1.54, 1.807) is 29.9 Å². The fourth-order valence-corrected chi connectivity index (χ4v) is 4.54. The molecule has 0 aliphatic carbocycles. The van der Waals surface area contributed by atoms with Gasteiger partial charge in [-0.15, -0.1) is 0 Å². The van der Waals surface area contributed by atoms with Gasteiger partial charge >= 0.3 is 11.9 Å². The number of halogens is 1. The highest BCUT2D eigenvalue weighted by molar-refractivity contribution is 6.30. The van der Waals surface area contributed by atoms with Gasteiger partial charge in [-0.2, -0.15) is 0 Å². The summed E-state index contributed by atoms with van der Waals surface area (Å²) in [5, 5.41) is 20.8. The molecule has 0 unspecified atom stereocenters. The monoisotopic (exact) mass is 441 g/mol. The minimum atomic E-state index is -1.00. The van der Waals surface area contributed by atoms with E-state index >= 15 is 0 Å². The SMILES string of the molecule is Cn1cc([C@@H](C(=O)O)N2CCN(Cc3cccc(Cl)c3)CC2)c2ccc(C(=O)O)cc21. The number of carbonyl (C=O) groups is 2. The van der Waals surface area contributed by atoms with Crippen LogP contribution in [0.2, 0.25) is 5.02 Å². The van der Waals surface area contributed by atoms with Crippen LogP contribution in [0.3, 0.4) is 0 Å². The van der Waals surface area contributed by atoms with Gasteiger partial charge in [-0.25, -0.2) is 4.79 Å². The minimum Gasteiger partial charge on any atom is -0.480 e. The summed E-state index contributed by atoms with van der Waals surface area (Å²) in [6.45, 7) is 3.54. The Kier molecular flexibility index (Phi) is 6.00. The van der Waals surface area contributed by atoms with Gasteiger partial charge in [0.15, 0.2) is 0 Å². The first kappa shape index (κ1) is 21.4. The van der Waals surface area contributed by atoms with E-state index in [4.69, 9.17) is 11.6 Å². The standard InChI is InChI=1S/C23H24ClN3O4/c1-25-14-19(18-6-5-16(22(28)29)12-20(18)25)21(23(30)31)27-9-7-26(8-10-27)13-15-3-2-4-17(24)11-15/h2-6,11-12,14,21H,7-10,13H2,1H3,(H,28,29)(H,30,31)/t21-/m0/s1. The number of aliphatic carboxylic acids is 1. The first-order valence-corrected chi connectivity index (χ1v) is 10.5. The molecular weight excluding hydrogens is 418 g/mol. The van der Waals surface area contributed by atoms with Crippen molar-refractivity contribution in [1.82, 2.24) is 14.4 Å². The number of aryl methyl sites for hydroxylation is 1. The first-order chi connectivity index (χ1) is 14.8. The van der Waals surface area contributed by atoms with Crippen LogP contribution in [0.5, 0.6) is 0 Å². The number of benzene rings is 2. The van der Waals surface area contributed by atoms with Gasteiger partial charge in [0.2, 0.25) is 0 Å². The highest BCUT2D eigenvalue weighted by atomic mass is 35.5. The van der Waals surface area contributed by atoms with Gasteiger partial charge in [0.05, 0.1) is 5.56 Å². The van der Waals surface area contributed by atoms with Crippen LogP contribution in [0.15, 0.2) is 48.7 Å². The van der Waals surface area contributed by atoms with Crippen LogP contribution in [0, 0.1) is 0 Å². The summed E-state index contributed by atoms with van der Waals surface area (Å²) in [6.07, 6.45) is 1.80. The molecule has 3 aromatic rings. The summed E-state index contributed by atoms with van der Waals surface area (Å²) in [7, 11) is 1.80. The van der Waals surface area contributed by atoms with E-state index in [-0.39, 0.29) is 5.56 Å². The Morgan fingerprint density at radius 3 is 2.45 bits per heavy atom. The number of piperazine rings is 1. The third kappa shape index (κ3) is 4.44. The number of hydrogen-bond donors (Lipinski definition) is 2. The summed E-state index contributed by atoms with van der Waals surface area (Å²) < 4.78 is 1.79. The molecule has 31 heavy (non-hydrogen) atoms. The molecule has 0 spiro atoms. The number of carboxylic acids is 2. The molecule has 0 radical (unpaired) electrons. The van der Waals surface area contributed by atoms with Crippen LogP contribution in [0.4, 0.5) is 0 Å². The molecule has 2 aromatic carbocycles. The first-order valence-electron chi connectivity index (χ1n) is 10.1. The summed E-state index contributed by atoms with van der Waals surface area (Å²) in [5.74, 6) is -1.91. The van der Waals surface area contributed by atoms with Crippen molar-refractivity contribution in [1.29, 1.82) is 0 Å².